The van der Waals surface area contributed by atoms with Crippen LogP contribution in [0.5, 0.6) is 0 Å². The predicted molar refractivity (Wildman–Crippen MR) is 71.4 cm³/mol. The molecule has 0 aliphatic heterocycles. The molecular formula is C12H12Cl2N2O2. The van der Waals surface area contributed by atoms with E-state index in [1.165, 1.54) is 10.9 Å². The van der Waals surface area contributed by atoms with Crippen molar-refractivity contribution in [2.24, 2.45) is 0 Å². The van der Waals surface area contributed by atoms with Crippen molar-refractivity contribution in [1.29, 1.82) is 0 Å². The Morgan fingerprint density at radius 2 is 2.00 bits per heavy atom. The molecule has 0 radical (unpaired) electrons. The first-order chi connectivity index (χ1) is 8.29. The van der Waals surface area contributed by atoms with Gasteiger partial charge in [0.05, 0.1) is 15.6 Å². The number of nitrogens with zero attached hydrogens (tertiary/aromatic N) is 2. The van der Waals surface area contributed by atoms with Crippen LogP contribution in [0.25, 0.3) is 11.0 Å². The summed E-state index contributed by atoms with van der Waals surface area (Å²) >= 11 is 11.9. The van der Waals surface area contributed by atoms with Crippen molar-refractivity contribution in [3.8, 4) is 0 Å². The molecule has 0 aliphatic rings. The lowest BCUT2D eigenvalue weighted by Crippen LogP contribution is -2.26. The fourth-order valence-corrected chi connectivity index (χ4v) is 1.84. The number of carbonyl (C=O) groups excluding carboxylic acids is 1. The highest BCUT2D eigenvalue weighted by Gasteiger charge is 2.20. The minimum atomic E-state index is -0.566. The summed E-state index contributed by atoms with van der Waals surface area (Å²) in [4.78, 5) is 16.0. The summed E-state index contributed by atoms with van der Waals surface area (Å²) < 4.78 is 6.58. The number of aromatic nitrogens is 2. The number of ether oxygens (including phenoxy) is 1. The fourth-order valence-electron chi connectivity index (χ4n) is 1.48. The molecule has 0 N–H and O–H groups in total. The van der Waals surface area contributed by atoms with E-state index in [-0.39, 0.29) is 0 Å². The highest BCUT2D eigenvalue weighted by molar-refractivity contribution is 6.44. The Hall–Kier alpha value is -1.26. The first-order valence-electron chi connectivity index (χ1n) is 5.34. The van der Waals surface area contributed by atoms with Gasteiger partial charge in [-0.1, -0.05) is 23.2 Å². The van der Waals surface area contributed by atoms with Gasteiger partial charge in [0.25, 0.3) is 0 Å². The van der Waals surface area contributed by atoms with E-state index < -0.39 is 11.7 Å². The number of imidazole rings is 1. The first-order valence-corrected chi connectivity index (χ1v) is 6.09. The standard InChI is InChI=1S/C12H12Cl2N2O2/c1-12(2,3)18-11(17)16-6-15-10-8(16)5-4-7(13)9(10)14/h4-6H,1-3H3. The maximum atomic E-state index is 12.0. The van der Waals surface area contributed by atoms with Gasteiger partial charge < -0.3 is 4.74 Å². The van der Waals surface area contributed by atoms with Gasteiger partial charge in [0.1, 0.15) is 17.4 Å². The second-order valence-corrected chi connectivity index (χ2v) is 5.61. The molecule has 1 heterocycles. The molecule has 2 rings (SSSR count). The molecule has 0 saturated heterocycles. The molecule has 0 spiro atoms. The number of fused-ring (bicyclic) bond motifs is 1. The van der Waals surface area contributed by atoms with Gasteiger partial charge in [-0.25, -0.2) is 14.3 Å². The van der Waals surface area contributed by atoms with Crippen LogP contribution in [0.2, 0.25) is 10.0 Å². The summed E-state index contributed by atoms with van der Waals surface area (Å²) in [6, 6.07) is 3.30. The van der Waals surface area contributed by atoms with Crippen LogP contribution in [0.1, 0.15) is 20.8 Å². The summed E-state index contributed by atoms with van der Waals surface area (Å²) in [5, 5.41) is 0.732. The molecule has 4 nitrogen and oxygen atoms in total. The van der Waals surface area contributed by atoms with Crippen LogP contribution in [-0.2, 0) is 4.74 Å². The normalized spacial score (nSPS) is 11.8. The molecule has 0 bridgehead atoms. The van der Waals surface area contributed by atoms with Gasteiger partial charge in [-0.15, -0.1) is 0 Å². The molecule has 6 heteroatoms. The van der Waals surface area contributed by atoms with E-state index in [1.807, 2.05) is 0 Å². The lowest BCUT2D eigenvalue weighted by atomic mass is 10.2. The van der Waals surface area contributed by atoms with Gasteiger partial charge in [0.2, 0.25) is 0 Å². The van der Waals surface area contributed by atoms with Crippen LogP contribution in [0.4, 0.5) is 4.79 Å². The highest BCUT2D eigenvalue weighted by Crippen LogP contribution is 2.29. The van der Waals surface area contributed by atoms with Gasteiger partial charge in [-0.05, 0) is 32.9 Å². The number of rotatable bonds is 0. The summed E-state index contributed by atoms with van der Waals surface area (Å²) in [6.45, 7) is 5.40. The summed E-state index contributed by atoms with van der Waals surface area (Å²) in [5.41, 5.74) is 0.484. The van der Waals surface area contributed by atoms with Gasteiger partial charge in [-0.2, -0.15) is 0 Å². The molecule has 96 valence electrons. The van der Waals surface area contributed by atoms with Crippen molar-refractivity contribution in [1.82, 2.24) is 9.55 Å². The zero-order valence-corrected chi connectivity index (χ0v) is 11.7. The van der Waals surface area contributed by atoms with E-state index >= 15 is 0 Å². The molecule has 0 atom stereocenters. The lowest BCUT2D eigenvalue weighted by molar-refractivity contribution is 0.0543. The van der Waals surface area contributed by atoms with Crippen LogP contribution in [0.3, 0.4) is 0 Å². The Morgan fingerprint density at radius 1 is 1.33 bits per heavy atom. The van der Waals surface area contributed by atoms with Crippen molar-refractivity contribution in [3.05, 3.63) is 28.5 Å². The average molecular weight is 287 g/mol. The Labute approximate surface area is 114 Å². The number of carbonyl (C=O) groups is 1. The van der Waals surface area contributed by atoms with E-state index in [1.54, 1.807) is 32.9 Å². The SMILES string of the molecule is CC(C)(C)OC(=O)n1cnc2c(Cl)c(Cl)ccc21. The van der Waals surface area contributed by atoms with Crippen molar-refractivity contribution in [3.63, 3.8) is 0 Å². The van der Waals surface area contributed by atoms with Crippen LogP contribution in [0, 0.1) is 0 Å². The zero-order valence-electron chi connectivity index (χ0n) is 10.2. The smallest absolute Gasteiger partial charge is 0.420 e. The summed E-state index contributed by atoms with van der Waals surface area (Å²) in [5.74, 6) is 0. The van der Waals surface area contributed by atoms with Crippen molar-refractivity contribution < 1.29 is 9.53 Å². The monoisotopic (exact) mass is 286 g/mol. The van der Waals surface area contributed by atoms with E-state index in [0.717, 1.165) is 0 Å². The molecule has 0 aliphatic carbocycles. The van der Waals surface area contributed by atoms with E-state index in [0.29, 0.717) is 21.1 Å². The third kappa shape index (κ3) is 2.44. The maximum Gasteiger partial charge on any atom is 0.420 e. The summed E-state index contributed by atoms with van der Waals surface area (Å²) in [6.07, 6.45) is 0.879. The number of hydrogen-bond acceptors (Lipinski definition) is 3. The molecule has 0 fully saturated rings. The summed E-state index contributed by atoms with van der Waals surface area (Å²) in [7, 11) is 0. The van der Waals surface area contributed by atoms with Gasteiger partial charge in [0.15, 0.2) is 0 Å². The quantitative estimate of drug-likeness (QED) is 0.731. The second kappa shape index (κ2) is 4.44. The third-order valence-corrected chi connectivity index (χ3v) is 2.99. The molecular weight excluding hydrogens is 275 g/mol. The zero-order chi connectivity index (χ0) is 13.5. The minimum Gasteiger partial charge on any atom is -0.443 e. The van der Waals surface area contributed by atoms with Crippen LogP contribution >= 0.6 is 23.2 Å². The Morgan fingerprint density at radius 3 is 2.61 bits per heavy atom. The molecule has 0 amide bonds. The number of hydrogen-bond donors (Lipinski definition) is 0. The molecule has 1 aromatic heterocycles. The maximum absolute atomic E-state index is 12.0. The fraction of sp³-hybridized carbons (Fsp3) is 0.333. The van der Waals surface area contributed by atoms with Crippen molar-refractivity contribution in [2.75, 3.05) is 0 Å². The first kappa shape index (κ1) is 13.2. The molecule has 1 aromatic carbocycles. The Balaban J connectivity index is 2.48. The number of benzene rings is 1. The van der Waals surface area contributed by atoms with Gasteiger partial charge in [0, 0.05) is 0 Å². The average Bonchev–Trinajstić information content (AvgIpc) is 2.65. The topological polar surface area (TPSA) is 44.1 Å². The van der Waals surface area contributed by atoms with E-state index in [2.05, 4.69) is 4.98 Å². The second-order valence-electron chi connectivity index (χ2n) is 4.82. The van der Waals surface area contributed by atoms with Crippen LogP contribution in [0.15, 0.2) is 18.5 Å². The third-order valence-electron chi connectivity index (χ3n) is 2.20. The Bertz CT molecular complexity index is 614. The minimum absolute atomic E-state index is 0.330. The molecule has 0 unspecified atom stereocenters. The van der Waals surface area contributed by atoms with E-state index in [9.17, 15) is 4.79 Å². The number of halogens is 2. The van der Waals surface area contributed by atoms with Crippen LogP contribution in [-0.4, -0.2) is 21.2 Å². The molecule has 18 heavy (non-hydrogen) atoms. The molecule has 2 aromatic rings. The largest absolute Gasteiger partial charge is 0.443 e. The van der Waals surface area contributed by atoms with Crippen LogP contribution < -0.4 is 0 Å². The molecule has 0 saturated carbocycles. The highest BCUT2D eigenvalue weighted by atomic mass is 35.5. The van der Waals surface area contributed by atoms with E-state index in [4.69, 9.17) is 27.9 Å². The lowest BCUT2D eigenvalue weighted by Gasteiger charge is -2.19. The van der Waals surface area contributed by atoms with Gasteiger partial charge >= 0.3 is 6.09 Å². The van der Waals surface area contributed by atoms with Gasteiger partial charge in [-0.3, -0.25) is 0 Å². The van der Waals surface area contributed by atoms with Crippen molar-refractivity contribution >= 4 is 40.3 Å². The Kier molecular flexibility index (Phi) is 3.25. The predicted octanol–water partition coefficient (Wildman–Crippen LogP) is 4.13. The van der Waals surface area contributed by atoms with Crippen molar-refractivity contribution in [2.45, 2.75) is 26.4 Å².